The normalized spacial score (nSPS) is 21.2. The summed E-state index contributed by atoms with van der Waals surface area (Å²) < 4.78 is 4.48. The predicted molar refractivity (Wildman–Crippen MR) is 41.7 cm³/mol. The largest absolute Gasteiger partial charge is 0.467 e. The highest BCUT2D eigenvalue weighted by atomic mass is 16.5. The molecule has 0 spiro atoms. The minimum atomic E-state index is -0.492. The first-order chi connectivity index (χ1) is 5.65. The average Bonchev–Trinajstić information content (AvgIpc) is 2.51. The summed E-state index contributed by atoms with van der Waals surface area (Å²) in [4.78, 5) is 21.7. The van der Waals surface area contributed by atoms with E-state index in [4.69, 9.17) is 0 Å². The summed E-state index contributed by atoms with van der Waals surface area (Å²) in [5.41, 5.74) is 2.93. The number of esters is 1. The maximum absolute atomic E-state index is 10.9. The van der Waals surface area contributed by atoms with Crippen molar-refractivity contribution in [2.45, 2.75) is 19.4 Å². The van der Waals surface area contributed by atoms with Crippen molar-refractivity contribution in [3.63, 3.8) is 0 Å². The van der Waals surface area contributed by atoms with E-state index in [1.807, 2.05) is 0 Å². The lowest BCUT2D eigenvalue weighted by atomic mass is 10.1. The molecule has 1 N–H and O–H groups in total. The molecule has 0 aromatic rings. The van der Waals surface area contributed by atoms with Crippen LogP contribution < -0.4 is 5.43 Å². The fourth-order valence-electron chi connectivity index (χ4n) is 0.941. The van der Waals surface area contributed by atoms with Gasteiger partial charge in [-0.05, 0) is 0 Å². The number of hydrazone groups is 1. The van der Waals surface area contributed by atoms with Crippen LogP contribution in [0.1, 0.15) is 13.3 Å². The van der Waals surface area contributed by atoms with E-state index < -0.39 is 12.0 Å². The van der Waals surface area contributed by atoms with Gasteiger partial charge in [-0.3, -0.25) is 10.2 Å². The van der Waals surface area contributed by atoms with Gasteiger partial charge >= 0.3 is 5.97 Å². The Hall–Kier alpha value is -1.39. The lowest BCUT2D eigenvalue weighted by Crippen LogP contribution is -2.31. The van der Waals surface area contributed by atoms with Gasteiger partial charge in [0.15, 0.2) is 5.78 Å². The number of methoxy groups -OCH3 is 1. The Kier molecular flexibility index (Phi) is 2.42. The third-order valence-corrected chi connectivity index (χ3v) is 1.64. The van der Waals surface area contributed by atoms with E-state index in [0.717, 1.165) is 0 Å². The number of carbonyl (C=O) groups is 2. The summed E-state index contributed by atoms with van der Waals surface area (Å²) in [7, 11) is 1.30. The summed E-state index contributed by atoms with van der Waals surface area (Å²) in [5.74, 6) is -0.510. The van der Waals surface area contributed by atoms with Crippen LogP contribution in [-0.2, 0) is 14.3 Å². The number of nitrogens with one attached hydrogen (secondary N) is 1. The van der Waals surface area contributed by atoms with E-state index in [2.05, 4.69) is 15.3 Å². The van der Waals surface area contributed by atoms with E-state index in [0.29, 0.717) is 12.1 Å². The van der Waals surface area contributed by atoms with Crippen LogP contribution in [-0.4, -0.2) is 30.6 Å². The van der Waals surface area contributed by atoms with E-state index in [-0.39, 0.29) is 5.78 Å². The highest BCUT2D eigenvalue weighted by Gasteiger charge is 2.27. The Morgan fingerprint density at radius 2 is 2.33 bits per heavy atom. The number of ketones is 1. The van der Waals surface area contributed by atoms with Crippen LogP contribution in [0.2, 0.25) is 0 Å². The monoisotopic (exact) mass is 170 g/mol. The number of ether oxygens (including phenoxy) is 1. The molecule has 0 saturated carbocycles. The van der Waals surface area contributed by atoms with Crippen LogP contribution >= 0.6 is 0 Å². The molecule has 1 aliphatic heterocycles. The lowest BCUT2D eigenvalue weighted by Gasteiger charge is -2.04. The highest BCUT2D eigenvalue weighted by Crippen LogP contribution is 2.05. The number of nitrogens with zero attached hydrogens (tertiary/aromatic N) is 1. The van der Waals surface area contributed by atoms with Gasteiger partial charge in [-0.1, -0.05) is 0 Å². The van der Waals surface area contributed by atoms with E-state index in [9.17, 15) is 9.59 Å². The summed E-state index contributed by atoms with van der Waals surface area (Å²) in [5, 5.41) is 3.70. The molecule has 0 radical (unpaired) electrons. The first-order valence-corrected chi connectivity index (χ1v) is 3.56. The maximum atomic E-state index is 10.9. The van der Waals surface area contributed by atoms with Crippen molar-refractivity contribution >= 4 is 17.5 Å². The van der Waals surface area contributed by atoms with Crippen LogP contribution in [0, 0.1) is 0 Å². The van der Waals surface area contributed by atoms with Crippen molar-refractivity contribution in [3.8, 4) is 0 Å². The fraction of sp³-hybridized carbons (Fsp3) is 0.571. The van der Waals surface area contributed by atoms with Gasteiger partial charge in [0.05, 0.1) is 7.11 Å². The van der Waals surface area contributed by atoms with Gasteiger partial charge in [0.1, 0.15) is 11.8 Å². The smallest absolute Gasteiger partial charge is 0.330 e. The molecule has 1 atom stereocenters. The fourth-order valence-corrected chi connectivity index (χ4v) is 0.941. The van der Waals surface area contributed by atoms with Crippen molar-refractivity contribution in [3.05, 3.63) is 0 Å². The second kappa shape index (κ2) is 3.34. The Morgan fingerprint density at radius 1 is 1.67 bits per heavy atom. The highest BCUT2D eigenvalue weighted by molar-refractivity contribution is 6.39. The average molecular weight is 170 g/mol. The van der Waals surface area contributed by atoms with Gasteiger partial charge in [-0.2, -0.15) is 5.10 Å². The van der Waals surface area contributed by atoms with Crippen LogP contribution in [0.15, 0.2) is 5.10 Å². The van der Waals surface area contributed by atoms with E-state index >= 15 is 0 Å². The quantitative estimate of drug-likeness (QED) is 0.565. The zero-order valence-electron chi connectivity index (χ0n) is 6.96. The number of rotatable bonds is 2. The SMILES string of the molecule is COC(=O)[C@@H]1CC(C(C)=O)=NN1. The molecule has 66 valence electrons. The first-order valence-electron chi connectivity index (χ1n) is 3.56. The van der Waals surface area contributed by atoms with Gasteiger partial charge < -0.3 is 4.74 Å². The Bertz CT molecular complexity index is 247. The Labute approximate surface area is 69.8 Å². The standard InChI is InChI=1S/C7H10N2O3/c1-4(10)5-3-6(9-8-5)7(11)12-2/h6,9H,3H2,1-2H3/t6-/m0/s1. The third kappa shape index (κ3) is 1.61. The summed E-state index contributed by atoms with van der Waals surface area (Å²) >= 11 is 0. The second-order valence-electron chi connectivity index (χ2n) is 2.52. The molecule has 0 amide bonds. The zero-order valence-corrected chi connectivity index (χ0v) is 6.96. The van der Waals surface area contributed by atoms with Crippen LogP contribution in [0.5, 0.6) is 0 Å². The molecule has 0 bridgehead atoms. The number of carbonyl (C=O) groups excluding carboxylic acids is 2. The second-order valence-corrected chi connectivity index (χ2v) is 2.52. The predicted octanol–water partition coefficient (Wildman–Crippen LogP) is -0.534. The van der Waals surface area contributed by atoms with Gasteiger partial charge in [-0.15, -0.1) is 0 Å². The third-order valence-electron chi connectivity index (χ3n) is 1.64. The van der Waals surface area contributed by atoms with Crippen molar-refractivity contribution in [1.29, 1.82) is 0 Å². The maximum Gasteiger partial charge on any atom is 0.330 e. The van der Waals surface area contributed by atoms with Gasteiger partial charge in [0.2, 0.25) is 0 Å². The molecule has 1 aliphatic rings. The number of Topliss-reactive ketones (excluding diaryl/α,β-unsaturated/α-hetero) is 1. The van der Waals surface area contributed by atoms with Crippen LogP contribution in [0.4, 0.5) is 0 Å². The van der Waals surface area contributed by atoms with Crippen molar-refractivity contribution in [2.75, 3.05) is 7.11 Å². The molecular weight excluding hydrogens is 160 g/mol. The minimum absolute atomic E-state index is 0.117. The van der Waals surface area contributed by atoms with Crippen LogP contribution in [0.3, 0.4) is 0 Å². The molecule has 0 aromatic heterocycles. The Balaban J connectivity index is 2.52. The van der Waals surface area contributed by atoms with E-state index in [1.54, 1.807) is 0 Å². The Morgan fingerprint density at radius 3 is 2.75 bits per heavy atom. The molecule has 1 rings (SSSR count). The minimum Gasteiger partial charge on any atom is -0.467 e. The van der Waals surface area contributed by atoms with Gasteiger partial charge in [-0.25, -0.2) is 4.79 Å². The molecule has 0 saturated heterocycles. The molecule has 0 fully saturated rings. The molecular formula is C7H10N2O3. The molecule has 5 nitrogen and oxygen atoms in total. The van der Waals surface area contributed by atoms with Gasteiger partial charge in [0, 0.05) is 13.3 Å². The topological polar surface area (TPSA) is 67.8 Å². The van der Waals surface area contributed by atoms with Crippen molar-refractivity contribution < 1.29 is 14.3 Å². The van der Waals surface area contributed by atoms with E-state index in [1.165, 1.54) is 14.0 Å². The molecule has 0 aliphatic carbocycles. The summed E-state index contributed by atoms with van der Waals surface area (Å²) in [6.45, 7) is 1.42. The summed E-state index contributed by atoms with van der Waals surface area (Å²) in [6, 6.07) is -0.492. The summed E-state index contributed by atoms with van der Waals surface area (Å²) in [6.07, 6.45) is 0.321. The van der Waals surface area contributed by atoms with Crippen molar-refractivity contribution in [1.82, 2.24) is 5.43 Å². The van der Waals surface area contributed by atoms with Crippen molar-refractivity contribution in [2.24, 2.45) is 5.10 Å². The molecule has 1 heterocycles. The molecule has 0 aromatic carbocycles. The number of hydrogen-bond donors (Lipinski definition) is 1. The van der Waals surface area contributed by atoms with Crippen LogP contribution in [0.25, 0.3) is 0 Å². The number of hydrogen-bond acceptors (Lipinski definition) is 5. The molecule has 12 heavy (non-hydrogen) atoms. The molecule has 5 heteroatoms. The zero-order chi connectivity index (χ0) is 9.14. The molecule has 0 unspecified atom stereocenters. The van der Waals surface area contributed by atoms with Gasteiger partial charge in [0.25, 0.3) is 0 Å². The first kappa shape index (κ1) is 8.70. The lowest BCUT2D eigenvalue weighted by molar-refractivity contribution is -0.142.